The van der Waals surface area contributed by atoms with Crippen LogP contribution in [0.2, 0.25) is 0 Å². The van der Waals surface area contributed by atoms with Crippen molar-refractivity contribution in [1.29, 1.82) is 0 Å². The maximum atomic E-state index is 4.85. The molecule has 122 valence electrons. The topological polar surface area (TPSA) is 0 Å². The normalized spacial score (nSPS) is 19.2. The first-order valence-electron chi connectivity index (χ1n) is 7.91. The van der Waals surface area contributed by atoms with Gasteiger partial charge in [0.1, 0.15) is 0 Å². The third-order valence-corrected chi connectivity index (χ3v) is 6.27. The first-order valence-corrected chi connectivity index (χ1v) is 9.62. The molecule has 1 aromatic rings. The first kappa shape index (κ1) is 17.4. The van der Waals surface area contributed by atoms with Crippen molar-refractivity contribution in [3.8, 4) is 0 Å². The summed E-state index contributed by atoms with van der Waals surface area (Å²) in [5.41, 5.74) is 4.78. The van der Waals surface area contributed by atoms with Gasteiger partial charge in [-0.15, -0.1) is 36.6 Å². The van der Waals surface area contributed by atoms with E-state index in [1.54, 1.807) is 11.3 Å². The molecule has 0 amide bonds. The van der Waals surface area contributed by atoms with Gasteiger partial charge in [-0.05, 0) is 48.1 Å². The molecule has 0 saturated carbocycles. The summed E-state index contributed by atoms with van der Waals surface area (Å²) in [4.78, 5) is 4.45. The van der Waals surface area contributed by atoms with Gasteiger partial charge in [0, 0.05) is 25.1 Å². The minimum Gasteiger partial charge on any atom is -0.144 e. The Hall–Kier alpha value is -1.42. The van der Waals surface area contributed by atoms with E-state index >= 15 is 0 Å². The van der Waals surface area contributed by atoms with Crippen LogP contribution in [0.4, 0.5) is 0 Å². The van der Waals surface area contributed by atoms with Gasteiger partial charge in [0.25, 0.3) is 0 Å². The van der Waals surface area contributed by atoms with Gasteiger partial charge in [0.15, 0.2) is 0 Å². The average Bonchev–Trinajstić information content (AvgIpc) is 2.73. The van der Waals surface area contributed by atoms with Crippen LogP contribution >= 0.6 is 36.6 Å². The Morgan fingerprint density at radius 3 is 2.71 bits per heavy atom. The molecule has 24 heavy (non-hydrogen) atoms. The van der Waals surface area contributed by atoms with Gasteiger partial charge in [-0.2, -0.15) is 0 Å². The predicted molar refractivity (Wildman–Crippen MR) is 116 cm³/mol. The lowest BCUT2D eigenvalue weighted by atomic mass is 10.0. The second kappa shape index (κ2) is 7.64. The summed E-state index contributed by atoms with van der Waals surface area (Å²) in [6.07, 6.45) is 19.8. The first-order chi connectivity index (χ1) is 11.6. The molecule has 0 saturated heterocycles. The summed E-state index contributed by atoms with van der Waals surface area (Å²) < 4.78 is 0. The fraction of sp³-hybridized carbons (Fsp3) is 0.143. The van der Waals surface area contributed by atoms with Crippen LogP contribution in [-0.2, 0) is 0 Å². The molecule has 0 atom stereocenters. The molecule has 1 aromatic heterocycles. The fourth-order valence-electron chi connectivity index (χ4n) is 2.80. The quantitative estimate of drug-likeness (QED) is 0.521. The molecule has 0 N–H and O–H groups in total. The van der Waals surface area contributed by atoms with Gasteiger partial charge in [0.2, 0.25) is 0 Å². The van der Waals surface area contributed by atoms with E-state index in [4.69, 9.17) is 12.6 Å². The maximum absolute atomic E-state index is 4.85. The Balaban J connectivity index is 2.02. The van der Waals surface area contributed by atoms with Gasteiger partial charge in [-0.1, -0.05) is 49.6 Å². The van der Waals surface area contributed by atoms with Crippen molar-refractivity contribution in [2.24, 2.45) is 0 Å². The molecule has 3 heteroatoms. The molecule has 0 aliphatic heterocycles. The zero-order valence-corrected chi connectivity index (χ0v) is 16.1. The van der Waals surface area contributed by atoms with Gasteiger partial charge in [-0.3, -0.25) is 0 Å². The number of hydrogen-bond acceptors (Lipinski definition) is 3. The lowest BCUT2D eigenvalue weighted by Gasteiger charge is -2.07. The van der Waals surface area contributed by atoms with E-state index in [-0.39, 0.29) is 0 Å². The van der Waals surface area contributed by atoms with Crippen molar-refractivity contribution in [3.05, 3.63) is 81.0 Å². The number of thiophene rings is 1. The lowest BCUT2D eigenvalue weighted by Crippen LogP contribution is -1.86. The molecule has 0 radical (unpaired) electrons. The Morgan fingerprint density at radius 2 is 2.00 bits per heavy atom. The van der Waals surface area contributed by atoms with Crippen LogP contribution in [0.15, 0.2) is 70.6 Å². The zero-order valence-electron chi connectivity index (χ0n) is 13.5. The van der Waals surface area contributed by atoms with Crippen molar-refractivity contribution in [1.82, 2.24) is 0 Å². The molecule has 3 rings (SSSR count). The molecule has 0 spiro atoms. The van der Waals surface area contributed by atoms with E-state index in [0.29, 0.717) is 0 Å². The molecule has 0 fully saturated rings. The van der Waals surface area contributed by atoms with E-state index in [1.165, 1.54) is 20.9 Å². The monoisotopic (exact) mass is 368 g/mol. The molecule has 0 aromatic carbocycles. The smallest absolute Gasteiger partial charge is 0.0448 e. The maximum Gasteiger partial charge on any atom is 0.0448 e. The Bertz CT molecular complexity index is 839. The van der Waals surface area contributed by atoms with Crippen LogP contribution in [0.5, 0.6) is 0 Å². The fourth-order valence-corrected chi connectivity index (χ4v) is 4.58. The van der Waals surface area contributed by atoms with Gasteiger partial charge in [-0.25, -0.2) is 0 Å². The van der Waals surface area contributed by atoms with Crippen molar-refractivity contribution < 1.29 is 0 Å². The number of rotatable bonds is 3. The van der Waals surface area contributed by atoms with E-state index in [2.05, 4.69) is 62.2 Å². The summed E-state index contributed by atoms with van der Waals surface area (Å²) in [5, 5.41) is 0. The Kier molecular flexibility index (Phi) is 5.54. The van der Waals surface area contributed by atoms with E-state index in [1.807, 2.05) is 12.2 Å². The van der Waals surface area contributed by atoms with Crippen LogP contribution in [0.1, 0.15) is 34.6 Å². The molecular formula is C21H20S3. The number of allylic oxidation sites excluding steroid dienone is 9. The average molecular weight is 369 g/mol. The summed E-state index contributed by atoms with van der Waals surface area (Å²) in [5.74, 6) is 0. The minimum absolute atomic E-state index is 0.897. The molecule has 2 aliphatic carbocycles. The molecule has 0 bridgehead atoms. The molecule has 1 heterocycles. The largest absolute Gasteiger partial charge is 0.144 e. The highest BCUT2D eigenvalue weighted by Gasteiger charge is 2.17. The summed E-state index contributed by atoms with van der Waals surface area (Å²) in [6, 6.07) is 0. The van der Waals surface area contributed by atoms with Crippen LogP contribution in [0.25, 0.3) is 17.7 Å². The minimum atomic E-state index is 0.897. The SMILES string of the molecule is C=Cc1sc(C2=CC(=C)C=CCC2)c(S)c1/C=C1/C=CC(S)=CC1. The Morgan fingerprint density at radius 1 is 1.17 bits per heavy atom. The van der Waals surface area contributed by atoms with E-state index in [0.717, 1.165) is 40.2 Å². The van der Waals surface area contributed by atoms with Crippen molar-refractivity contribution >= 4 is 54.3 Å². The summed E-state index contributed by atoms with van der Waals surface area (Å²) in [7, 11) is 0. The third-order valence-electron chi connectivity index (χ3n) is 4.04. The van der Waals surface area contributed by atoms with E-state index in [9.17, 15) is 0 Å². The lowest BCUT2D eigenvalue weighted by molar-refractivity contribution is 1.07. The zero-order chi connectivity index (χ0) is 17.1. The number of hydrogen-bond donors (Lipinski definition) is 2. The summed E-state index contributed by atoms with van der Waals surface area (Å²) in [6.45, 7) is 8.08. The second-order valence-electron chi connectivity index (χ2n) is 5.83. The highest BCUT2D eigenvalue weighted by molar-refractivity contribution is 7.84. The van der Waals surface area contributed by atoms with Gasteiger partial charge < -0.3 is 0 Å². The number of thiol groups is 2. The van der Waals surface area contributed by atoms with Gasteiger partial charge >= 0.3 is 0 Å². The molecule has 0 nitrogen and oxygen atoms in total. The van der Waals surface area contributed by atoms with Crippen LogP contribution in [0.3, 0.4) is 0 Å². The van der Waals surface area contributed by atoms with Gasteiger partial charge in [0.05, 0.1) is 0 Å². The standard InChI is InChI=1S/C21H20S3/c1-3-19-18(13-15-8-10-17(22)11-9-15)20(23)21(24-19)16-7-5-4-6-14(2)12-16/h3-4,6,8,10-13,22-23H,1-2,5,7,9H2/b15-13-. The Labute approximate surface area is 159 Å². The molecular weight excluding hydrogens is 348 g/mol. The highest BCUT2D eigenvalue weighted by Crippen LogP contribution is 2.41. The van der Waals surface area contributed by atoms with Crippen molar-refractivity contribution in [2.45, 2.75) is 24.2 Å². The highest BCUT2D eigenvalue weighted by atomic mass is 32.1. The van der Waals surface area contributed by atoms with Crippen molar-refractivity contribution in [3.63, 3.8) is 0 Å². The molecule has 0 unspecified atom stereocenters. The van der Waals surface area contributed by atoms with E-state index < -0.39 is 0 Å². The van der Waals surface area contributed by atoms with Crippen LogP contribution in [-0.4, -0.2) is 0 Å². The summed E-state index contributed by atoms with van der Waals surface area (Å²) >= 11 is 11.0. The van der Waals surface area contributed by atoms with Crippen molar-refractivity contribution in [2.75, 3.05) is 0 Å². The van der Waals surface area contributed by atoms with Crippen LogP contribution in [0, 0.1) is 0 Å². The molecule has 2 aliphatic rings. The second-order valence-corrected chi connectivity index (χ2v) is 7.85. The predicted octanol–water partition coefficient (Wildman–Crippen LogP) is 7.13. The van der Waals surface area contributed by atoms with Crippen LogP contribution < -0.4 is 0 Å². The third kappa shape index (κ3) is 3.80.